The Bertz CT molecular complexity index is 441. The molecular weight excluding hydrogens is 216 g/mol. The van der Waals surface area contributed by atoms with E-state index in [9.17, 15) is 0 Å². The van der Waals surface area contributed by atoms with E-state index in [2.05, 4.69) is 49.6 Å². The van der Waals surface area contributed by atoms with Gasteiger partial charge in [-0.05, 0) is 41.8 Å². The fraction of sp³-hybridized carbons (Fsp3) is 0.462. The SMILES string of the molecule is Cc1csc(C2N=CNC=C2C(C)C)c1C. The van der Waals surface area contributed by atoms with Gasteiger partial charge in [0.1, 0.15) is 6.04 Å². The van der Waals surface area contributed by atoms with Gasteiger partial charge in [0.25, 0.3) is 0 Å². The Balaban J connectivity index is 2.39. The van der Waals surface area contributed by atoms with Crippen LogP contribution in [0, 0.1) is 19.8 Å². The van der Waals surface area contributed by atoms with Gasteiger partial charge in [-0.2, -0.15) is 0 Å². The van der Waals surface area contributed by atoms with Crippen molar-refractivity contribution in [1.82, 2.24) is 5.32 Å². The minimum Gasteiger partial charge on any atom is -0.353 e. The summed E-state index contributed by atoms with van der Waals surface area (Å²) in [7, 11) is 0. The molecule has 1 unspecified atom stereocenters. The first-order valence-electron chi connectivity index (χ1n) is 5.63. The molecular formula is C13H18N2S. The molecule has 1 atom stereocenters. The molecule has 0 radical (unpaired) electrons. The molecule has 3 heteroatoms. The summed E-state index contributed by atoms with van der Waals surface area (Å²) >= 11 is 1.82. The van der Waals surface area contributed by atoms with E-state index in [-0.39, 0.29) is 6.04 Å². The second kappa shape index (κ2) is 4.42. The second-order valence-electron chi connectivity index (χ2n) is 4.55. The molecule has 0 aromatic carbocycles. The molecule has 86 valence electrons. The third-order valence-electron chi connectivity index (χ3n) is 3.10. The van der Waals surface area contributed by atoms with Gasteiger partial charge in [0.05, 0.1) is 6.34 Å². The summed E-state index contributed by atoms with van der Waals surface area (Å²) in [4.78, 5) is 5.97. The van der Waals surface area contributed by atoms with Crippen molar-refractivity contribution in [2.75, 3.05) is 0 Å². The molecule has 0 bridgehead atoms. The highest BCUT2D eigenvalue weighted by atomic mass is 32.1. The summed E-state index contributed by atoms with van der Waals surface area (Å²) in [6.07, 6.45) is 3.89. The summed E-state index contributed by atoms with van der Waals surface area (Å²) < 4.78 is 0. The molecule has 0 fully saturated rings. The zero-order valence-electron chi connectivity index (χ0n) is 10.2. The predicted octanol–water partition coefficient (Wildman–Crippen LogP) is 3.58. The maximum Gasteiger partial charge on any atom is 0.109 e. The molecule has 16 heavy (non-hydrogen) atoms. The van der Waals surface area contributed by atoms with Crippen molar-refractivity contribution in [1.29, 1.82) is 0 Å². The molecule has 2 rings (SSSR count). The average molecular weight is 234 g/mol. The molecule has 0 saturated heterocycles. The first-order chi connectivity index (χ1) is 7.61. The lowest BCUT2D eigenvalue weighted by molar-refractivity contribution is 0.657. The van der Waals surface area contributed by atoms with Gasteiger partial charge in [0.2, 0.25) is 0 Å². The highest BCUT2D eigenvalue weighted by molar-refractivity contribution is 7.10. The largest absolute Gasteiger partial charge is 0.353 e. The summed E-state index contributed by atoms with van der Waals surface area (Å²) in [6.45, 7) is 8.80. The Hall–Kier alpha value is -1.09. The zero-order valence-corrected chi connectivity index (χ0v) is 11.1. The van der Waals surface area contributed by atoms with E-state index >= 15 is 0 Å². The van der Waals surface area contributed by atoms with Gasteiger partial charge in [-0.25, -0.2) is 0 Å². The van der Waals surface area contributed by atoms with Crippen molar-refractivity contribution < 1.29 is 0 Å². The van der Waals surface area contributed by atoms with Gasteiger partial charge in [-0.1, -0.05) is 13.8 Å². The molecule has 0 amide bonds. The van der Waals surface area contributed by atoms with E-state index < -0.39 is 0 Å². The van der Waals surface area contributed by atoms with Crippen molar-refractivity contribution in [2.24, 2.45) is 10.9 Å². The average Bonchev–Trinajstić information content (AvgIpc) is 2.60. The summed E-state index contributed by atoms with van der Waals surface area (Å²) in [5, 5.41) is 5.32. The molecule has 1 aromatic rings. The monoisotopic (exact) mass is 234 g/mol. The van der Waals surface area contributed by atoms with Crippen LogP contribution in [0.25, 0.3) is 0 Å². The third kappa shape index (κ3) is 1.92. The minimum atomic E-state index is 0.222. The number of hydrogen-bond acceptors (Lipinski definition) is 3. The maximum absolute atomic E-state index is 4.58. The lowest BCUT2D eigenvalue weighted by Gasteiger charge is -2.22. The van der Waals surface area contributed by atoms with Crippen LogP contribution in [0.5, 0.6) is 0 Å². The normalized spacial score (nSPS) is 19.8. The maximum atomic E-state index is 4.58. The number of nitrogens with one attached hydrogen (secondary N) is 1. The fourth-order valence-corrected chi connectivity index (χ4v) is 3.05. The lowest BCUT2D eigenvalue weighted by atomic mass is 9.93. The molecule has 1 aromatic heterocycles. The molecule has 2 heterocycles. The Morgan fingerprint density at radius 1 is 1.38 bits per heavy atom. The van der Waals surface area contributed by atoms with E-state index in [0.29, 0.717) is 5.92 Å². The van der Waals surface area contributed by atoms with Crippen LogP contribution in [-0.2, 0) is 0 Å². The van der Waals surface area contributed by atoms with E-state index in [0.717, 1.165) is 0 Å². The van der Waals surface area contributed by atoms with Gasteiger partial charge in [0, 0.05) is 11.1 Å². The molecule has 2 nitrogen and oxygen atoms in total. The number of nitrogens with zero attached hydrogens (tertiary/aromatic N) is 1. The molecule has 0 spiro atoms. The number of aliphatic imine (C=N–C) groups is 1. The van der Waals surface area contributed by atoms with Crippen LogP contribution in [0.1, 0.15) is 35.9 Å². The fourth-order valence-electron chi connectivity index (χ4n) is 1.91. The topological polar surface area (TPSA) is 24.4 Å². The Kier molecular flexibility index (Phi) is 3.15. The van der Waals surface area contributed by atoms with E-state index in [4.69, 9.17) is 0 Å². The molecule has 0 saturated carbocycles. The molecule has 1 aliphatic rings. The summed E-state index contributed by atoms with van der Waals surface area (Å²) in [6, 6.07) is 0.222. The second-order valence-corrected chi connectivity index (χ2v) is 5.47. The van der Waals surface area contributed by atoms with Crippen LogP contribution >= 0.6 is 11.3 Å². The van der Waals surface area contributed by atoms with Crippen molar-refractivity contribution in [3.8, 4) is 0 Å². The van der Waals surface area contributed by atoms with Crippen molar-refractivity contribution in [3.63, 3.8) is 0 Å². The quantitative estimate of drug-likeness (QED) is 0.831. The molecule has 0 aliphatic carbocycles. The van der Waals surface area contributed by atoms with Gasteiger partial charge < -0.3 is 5.32 Å². The van der Waals surface area contributed by atoms with Crippen LogP contribution in [0.15, 0.2) is 22.1 Å². The Labute approximate surface area is 101 Å². The van der Waals surface area contributed by atoms with Gasteiger partial charge in [0.15, 0.2) is 0 Å². The van der Waals surface area contributed by atoms with Crippen LogP contribution in [0.3, 0.4) is 0 Å². The molecule has 1 N–H and O–H groups in total. The Morgan fingerprint density at radius 2 is 2.12 bits per heavy atom. The Morgan fingerprint density at radius 3 is 2.69 bits per heavy atom. The van der Waals surface area contributed by atoms with Crippen molar-refractivity contribution in [2.45, 2.75) is 33.7 Å². The third-order valence-corrected chi connectivity index (χ3v) is 4.36. The van der Waals surface area contributed by atoms with Gasteiger partial charge in [-0.3, -0.25) is 4.99 Å². The number of rotatable bonds is 2. The summed E-state index contributed by atoms with van der Waals surface area (Å²) in [5.41, 5.74) is 4.13. The van der Waals surface area contributed by atoms with Crippen LogP contribution in [0.2, 0.25) is 0 Å². The molecule has 1 aliphatic heterocycles. The lowest BCUT2D eigenvalue weighted by Crippen LogP contribution is -2.17. The number of hydrogen-bond donors (Lipinski definition) is 1. The van der Waals surface area contributed by atoms with Crippen LogP contribution in [-0.4, -0.2) is 6.34 Å². The standard InChI is InChI=1S/C13H18N2S/c1-8(2)11-5-14-7-15-12(11)13-10(4)9(3)6-16-13/h5-8,12H,1-4H3,(H,14,15). The first-order valence-corrected chi connectivity index (χ1v) is 6.51. The van der Waals surface area contributed by atoms with E-state index in [1.54, 1.807) is 6.34 Å². The minimum absolute atomic E-state index is 0.222. The van der Waals surface area contributed by atoms with E-state index in [1.165, 1.54) is 21.6 Å². The first kappa shape index (κ1) is 11.4. The predicted molar refractivity (Wildman–Crippen MR) is 71.1 cm³/mol. The van der Waals surface area contributed by atoms with Crippen LogP contribution < -0.4 is 5.32 Å². The van der Waals surface area contributed by atoms with E-state index in [1.807, 2.05) is 11.3 Å². The highest BCUT2D eigenvalue weighted by Crippen LogP contribution is 2.37. The zero-order chi connectivity index (χ0) is 11.7. The van der Waals surface area contributed by atoms with Crippen LogP contribution in [0.4, 0.5) is 0 Å². The number of aryl methyl sites for hydroxylation is 1. The smallest absolute Gasteiger partial charge is 0.109 e. The van der Waals surface area contributed by atoms with Crippen molar-refractivity contribution in [3.05, 3.63) is 33.2 Å². The summed E-state index contributed by atoms with van der Waals surface area (Å²) in [5.74, 6) is 0.525. The van der Waals surface area contributed by atoms with Gasteiger partial charge >= 0.3 is 0 Å². The highest BCUT2D eigenvalue weighted by Gasteiger charge is 2.23. The van der Waals surface area contributed by atoms with Crippen molar-refractivity contribution >= 4 is 17.7 Å². The van der Waals surface area contributed by atoms with Gasteiger partial charge in [-0.15, -0.1) is 11.3 Å². The number of thiophene rings is 1.